The lowest BCUT2D eigenvalue weighted by Gasteiger charge is -2.00. The second-order valence-corrected chi connectivity index (χ2v) is 5.08. The Morgan fingerprint density at radius 3 is 2.95 bits per heavy atom. The summed E-state index contributed by atoms with van der Waals surface area (Å²) in [7, 11) is 0. The first-order valence-corrected chi connectivity index (χ1v) is 6.73. The predicted octanol–water partition coefficient (Wildman–Crippen LogP) is 2.72. The SMILES string of the molecule is NCc1cccc2[nH]c(-c3ccc4c(c3)COC4)nc12. The van der Waals surface area contributed by atoms with Gasteiger partial charge in [0.2, 0.25) is 0 Å². The third kappa shape index (κ3) is 1.73. The normalized spacial score (nSPS) is 13.8. The minimum Gasteiger partial charge on any atom is -0.372 e. The van der Waals surface area contributed by atoms with E-state index in [1.54, 1.807) is 0 Å². The van der Waals surface area contributed by atoms with Crippen molar-refractivity contribution < 1.29 is 4.74 Å². The molecule has 0 fully saturated rings. The Bertz CT molecular complexity index is 792. The van der Waals surface area contributed by atoms with Gasteiger partial charge in [-0.2, -0.15) is 0 Å². The lowest BCUT2D eigenvalue weighted by atomic mass is 10.1. The summed E-state index contributed by atoms with van der Waals surface area (Å²) in [4.78, 5) is 8.07. The molecule has 0 radical (unpaired) electrons. The van der Waals surface area contributed by atoms with E-state index in [-0.39, 0.29) is 0 Å². The first-order chi connectivity index (χ1) is 9.85. The van der Waals surface area contributed by atoms with Crippen LogP contribution in [0.1, 0.15) is 16.7 Å². The molecule has 0 bridgehead atoms. The number of H-pyrrole nitrogens is 1. The van der Waals surface area contributed by atoms with Crippen LogP contribution in [0.4, 0.5) is 0 Å². The van der Waals surface area contributed by atoms with Gasteiger partial charge in [0.25, 0.3) is 0 Å². The highest BCUT2D eigenvalue weighted by molar-refractivity contribution is 5.82. The number of nitrogens with zero attached hydrogens (tertiary/aromatic N) is 1. The zero-order chi connectivity index (χ0) is 13.5. The van der Waals surface area contributed by atoms with Crippen molar-refractivity contribution in [3.8, 4) is 11.4 Å². The van der Waals surface area contributed by atoms with Crippen molar-refractivity contribution in [3.05, 3.63) is 53.1 Å². The maximum atomic E-state index is 5.77. The molecule has 1 aliphatic rings. The Labute approximate surface area is 116 Å². The first kappa shape index (κ1) is 11.6. The average molecular weight is 265 g/mol. The monoisotopic (exact) mass is 265 g/mol. The molecule has 0 saturated heterocycles. The molecule has 1 aliphatic heterocycles. The Morgan fingerprint density at radius 1 is 1.15 bits per heavy atom. The zero-order valence-electron chi connectivity index (χ0n) is 11.0. The van der Waals surface area contributed by atoms with Crippen molar-refractivity contribution in [3.63, 3.8) is 0 Å². The lowest BCUT2D eigenvalue weighted by Crippen LogP contribution is -1.96. The van der Waals surface area contributed by atoms with E-state index in [0.717, 1.165) is 28.0 Å². The summed E-state index contributed by atoms with van der Waals surface area (Å²) in [5.74, 6) is 0.885. The van der Waals surface area contributed by atoms with Gasteiger partial charge >= 0.3 is 0 Å². The summed E-state index contributed by atoms with van der Waals surface area (Å²) < 4.78 is 5.45. The molecule has 0 atom stereocenters. The van der Waals surface area contributed by atoms with Gasteiger partial charge < -0.3 is 15.5 Å². The van der Waals surface area contributed by atoms with E-state index >= 15 is 0 Å². The highest BCUT2D eigenvalue weighted by Crippen LogP contribution is 2.27. The summed E-state index contributed by atoms with van der Waals surface area (Å²) in [5, 5.41) is 0. The fourth-order valence-electron chi connectivity index (χ4n) is 2.71. The molecular weight excluding hydrogens is 250 g/mol. The van der Waals surface area contributed by atoms with Crippen LogP contribution in [-0.2, 0) is 24.5 Å². The van der Waals surface area contributed by atoms with E-state index in [9.17, 15) is 0 Å². The molecule has 1 aromatic heterocycles. The predicted molar refractivity (Wildman–Crippen MR) is 77.9 cm³/mol. The number of benzene rings is 2. The maximum Gasteiger partial charge on any atom is 0.138 e. The van der Waals surface area contributed by atoms with Gasteiger partial charge in [-0.15, -0.1) is 0 Å². The second kappa shape index (κ2) is 4.44. The van der Waals surface area contributed by atoms with E-state index in [1.807, 2.05) is 18.2 Å². The van der Waals surface area contributed by atoms with Crippen LogP contribution >= 0.6 is 0 Å². The standard InChI is InChI=1S/C16H15N3O/c17-7-11-2-1-3-14-15(11)19-16(18-14)10-4-5-12-8-20-9-13(12)6-10/h1-6H,7-9,17H2,(H,18,19). The summed E-state index contributed by atoms with van der Waals surface area (Å²) in [5.41, 5.74) is 12.4. The fraction of sp³-hybridized carbons (Fsp3) is 0.188. The van der Waals surface area contributed by atoms with Crippen molar-refractivity contribution in [2.45, 2.75) is 19.8 Å². The zero-order valence-corrected chi connectivity index (χ0v) is 11.0. The van der Waals surface area contributed by atoms with E-state index in [0.29, 0.717) is 19.8 Å². The quantitative estimate of drug-likeness (QED) is 0.748. The molecule has 2 heterocycles. The molecule has 0 unspecified atom stereocenters. The fourth-order valence-corrected chi connectivity index (χ4v) is 2.71. The van der Waals surface area contributed by atoms with Crippen LogP contribution in [0.2, 0.25) is 0 Å². The largest absolute Gasteiger partial charge is 0.372 e. The third-order valence-corrected chi connectivity index (χ3v) is 3.81. The number of nitrogens with one attached hydrogen (secondary N) is 1. The number of aromatic amines is 1. The minimum absolute atomic E-state index is 0.500. The molecule has 0 amide bonds. The molecule has 3 N–H and O–H groups in total. The molecule has 3 aromatic rings. The molecule has 4 nitrogen and oxygen atoms in total. The van der Waals surface area contributed by atoms with Gasteiger partial charge in [0.05, 0.1) is 24.2 Å². The highest BCUT2D eigenvalue weighted by atomic mass is 16.5. The molecule has 0 aliphatic carbocycles. The summed E-state index contributed by atoms with van der Waals surface area (Å²) in [6.45, 7) is 1.91. The topological polar surface area (TPSA) is 63.9 Å². The van der Waals surface area contributed by atoms with Gasteiger partial charge in [-0.3, -0.25) is 0 Å². The number of para-hydroxylation sites is 1. The molecule has 0 saturated carbocycles. The van der Waals surface area contributed by atoms with Crippen LogP contribution in [-0.4, -0.2) is 9.97 Å². The van der Waals surface area contributed by atoms with E-state index in [4.69, 9.17) is 15.5 Å². The van der Waals surface area contributed by atoms with Gasteiger partial charge in [-0.05, 0) is 28.8 Å². The third-order valence-electron chi connectivity index (χ3n) is 3.81. The van der Waals surface area contributed by atoms with Gasteiger partial charge in [0, 0.05) is 12.1 Å². The molecule has 2 aromatic carbocycles. The lowest BCUT2D eigenvalue weighted by molar-refractivity contribution is 0.134. The molecule has 4 heteroatoms. The Kier molecular flexibility index (Phi) is 2.58. The number of hydrogen-bond donors (Lipinski definition) is 2. The summed E-state index contributed by atoms with van der Waals surface area (Å²) >= 11 is 0. The molecule has 0 spiro atoms. The van der Waals surface area contributed by atoms with Crippen molar-refractivity contribution >= 4 is 11.0 Å². The second-order valence-electron chi connectivity index (χ2n) is 5.08. The number of fused-ring (bicyclic) bond motifs is 2. The van der Waals surface area contributed by atoms with Gasteiger partial charge in [-0.25, -0.2) is 4.98 Å². The van der Waals surface area contributed by atoms with Gasteiger partial charge in [-0.1, -0.05) is 24.3 Å². The van der Waals surface area contributed by atoms with Crippen molar-refractivity contribution in [1.82, 2.24) is 9.97 Å². The smallest absolute Gasteiger partial charge is 0.138 e. The number of aromatic nitrogens is 2. The summed E-state index contributed by atoms with van der Waals surface area (Å²) in [6, 6.07) is 12.4. The number of nitrogens with two attached hydrogens (primary N) is 1. The maximum absolute atomic E-state index is 5.77. The van der Waals surface area contributed by atoms with Crippen molar-refractivity contribution in [2.24, 2.45) is 5.73 Å². The first-order valence-electron chi connectivity index (χ1n) is 6.73. The van der Waals surface area contributed by atoms with E-state index < -0.39 is 0 Å². The van der Waals surface area contributed by atoms with E-state index in [2.05, 4.69) is 23.2 Å². The van der Waals surface area contributed by atoms with Crippen LogP contribution in [0.15, 0.2) is 36.4 Å². The number of hydrogen-bond acceptors (Lipinski definition) is 3. The number of imidazole rings is 1. The van der Waals surface area contributed by atoms with Crippen LogP contribution in [0.3, 0.4) is 0 Å². The average Bonchev–Trinajstić information content (AvgIpc) is 3.11. The van der Waals surface area contributed by atoms with Crippen molar-refractivity contribution in [2.75, 3.05) is 0 Å². The summed E-state index contributed by atoms with van der Waals surface area (Å²) in [6.07, 6.45) is 0. The van der Waals surface area contributed by atoms with Crippen LogP contribution in [0, 0.1) is 0 Å². The van der Waals surface area contributed by atoms with Gasteiger partial charge in [0.1, 0.15) is 5.82 Å². The van der Waals surface area contributed by atoms with Crippen LogP contribution in [0.5, 0.6) is 0 Å². The van der Waals surface area contributed by atoms with Gasteiger partial charge in [0.15, 0.2) is 0 Å². The Hall–Kier alpha value is -2.17. The molecule has 100 valence electrons. The molecule has 4 rings (SSSR count). The van der Waals surface area contributed by atoms with Crippen LogP contribution in [0.25, 0.3) is 22.4 Å². The number of ether oxygens (including phenoxy) is 1. The Morgan fingerprint density at radius 2 is 2.05 bits per heavy atom. The molecule has 20 heavy (non-hydrogen) atoms. The highest BCUT2D eigenvalue weighted by Gasteiger charge is 2.14. The van der Waals surface area contributed by atoms with Crippen molar-refractivity contribution in [1.29, 1.82) is 0 Å². The Balaban J connectivity index is 1.86. The molecular formula is C16H15N3O. The van der Waals surface area contributed by atoms with Crippen LogP contribution < -0.4 is 5.73 Å². The van der Waals surface area contributed by atoms with E-state index in [1.165, 1.54) is 11.1 Å². The number of rotatable bonds is 2. The minimum atomic E-state index is 0.500.